The number of anilines is 1. The number of nitrogens with one attached hydrogen (secondary N) is 1. The zero-order chi connectivity index (χ0) is 24.6. The first-order chi connectivity index (χ1) is 17.6. The topological polar surface area (TPSA) is 87.5 Å². The fourth-order valence-corrected chi connectivity index (χ4v) is 5.36. The lowest BCUT2D eigenvalue weighted by molar-refractivity contribution is -0.116. The molecule has 0 fully saturated rings. The molecular weight excluding hydrogens is 456 g/mol. The van der Waals surface area contributed by atoms with E-state index in [0.717, 1.165) is 65.4 Å². The van der Waals surface area contributed by atoms with Crippen LogP contribution in [0.25, 0.3) is 0 Å². The van der Waals surface area contributed by atoms with Gasteiger partial charge in [0.1, 0.15) is 11.8 Å². The van der Waals surface area contributed by atoms with E-state index < -0.39 is 0 Å². The number of nitrogens with zero attached hydrogens (tertiary/aromatic N) is 3. The van der Waals surface area contributed by atoms with Crippen molar-refractivity contribution in [2.45, 2.75) is 51.0 Å². The number of aromatic nitrogens is 3. The van der Waals surface area contributed by atoms with Crippen LogP contribution < -0.4 is 19.5 Å². The zero-order valence-electron chi connectivity index (χ0n) is 20.6. The molecule has 8 heteroatoms. The van der Waals surface area contributed by atoms with E-state index in [9.17, 15) is 4.79 Å². The molecule has 2 atom stereocenters. The average Bonchev–Trinajstić information content (AvgIpc) is 3.14. The maximum Gasteiger partial charge on any atom is 0.226 e. The summed E-state index contributed by atoms with van der Waals surface area (Å²) in [7, 11) is 1.66. The predicted octanol–water partition coefficient (Wildman–Crippen LogP) is 4.82. The Balaban J connectivity index is 1.42. The molecule has 186 valence electrons. The van der Waals surface area contributed by atoms with Crippen molar-refractivity contribution in [2.24, 2.45) is 0 Å². The van der Waals surface area contributed by atoms with E-state index in [2.05, 4.69) is 12.2 Å². The van der Waals surface area contributed by atoms with Crippen LogP contribution in [0, 0.1) is 0 Å². The van der Waals surface area contributed by atoms with E-state index in [1.54, 1.807) is 7.11 Å². The third kappa shape index (κ3) is 4.00. The lowest BCUT2D eigenvalue weighted by atomic mass is 9.78. The van der Waals surface area contributed by atoms with Gasteiger partial charge in [0.15, 0.2) is 23.1 Å². The van der Waals surface area contributed by atoms with Gasteiger partial charge in [0.2, 0.25) is 5.95 Å². The minimum atomic E-state index is -0.365. The Hall–Kier alpha value is -3.81. The zero-order valence-corrected chi connectivity index (χ0v) is 20.6. The molecule has 8 nitrogen and oxygen atoms in total. The second kappa shape index (κ2) is 9.33. The van der Waals surface area contributed by atoms with Gasteiger partial charge in [-0.15, -0.1) is 0 Å². The number of fused-ring (bicyclic) bond motifs is 2. The minimum absolute atomic E-state index is 0.0867. The summed E-state index contributed by atoms with van der Waals surface area (Å²) in [5, 5.41) is 8.29. The second-order valence-electron chi connectivity index (χ2n) is 9.52. The van der Waals surface area contributed by atoms with Crippen molar-refractivity contribution in [3.05, 3.63) is 70.7 Å². The van der Waals surface area contributed by atoms with Crippen LogP contribution in [0.15, 0.2) is 53.7 Å². The molecule has 36 heavy (non-hydrogen) atoms. The number of ketones is 1. The van der Waals surface area contributed by atoms with Gasteiger partial charge in [-0.25, -0.2) is 4.68 Å². The van der Waals surface area contributed by atoms with Crippen molar-refractivity contribution in [3.8, 4) is 17.2 Å². The third-order valence-electron chi connectivity index (χ3n) is 7.11. The lowest BCUT2D eigenvalue weighted by Gasteiger charge is -2.35. The van der Waals surface area contributed by atoms with Crippen LogP contribution in [-0.2, 0) is 11.2 Å². The average molecular weight is 487 g/mol. The van der Waals surface area contributed by atoms with Crippen molar-refractivity contribution in [1.29, 1.82) is 0 Å². The number of rotatable bonds is 5. The van der Waals surface area contributed by atoms with E-state index in [1.807, 2.05) is 47.1 Å². The van der Waals surface area contributed by atoms with Crippen molar-refractivity contribution in [1.82, 2.24) is 14.8 Å². The van der Waals surface area contributed by atoms with Crippen LogP contribution in [0.4, 0.5) is 5.95 Å². The van der Waals surface area contributed by atoms with Crippen molar-refractivity contribution in [2.75, 3.05) is 25.6 Å². The first-order valence-electron chi connectivity index (χ1n) is 12.7. The molecule has 2 unspecified atom stereocenters. The van der Waals surface area contributed by atoms with Gasteiger partial charge in [0.05, 0.1) is 20.3 Å². The first-order valence-corrected chi connectivity index (χ1v) is 12.7. The molecule has 3 heterocycles. The normalized spacial score (nSPS) is 20.8. The summed E-state index contributed by atoms with van der Waals surface area (Å²) in [6.07, 6.45) is 3.74. The van der Waals surface area contributed by atoms with Gasteiger partial charge in [0.25, 0.3) is 0 Å². The van der Waals surface area contributed by atoms with Gasteiger partial charge in [-0.2, -0.15) is 10.1 Å². The molecule has 2 aromatic carbocycles. The fraction of sp³-hybridized carbons (Fsp3) is 0.393. The number of carbonyl (C=O) groups excluding carboxylic acids is 1. The van der Waals surface area contributed by atoms with Crippen LogP contribution >= 0.6 is 0 Å². The SMILES string of the molecule is CCCc1nc2n(n1)C(c1ccc3c(c1)OCCCO3)C1=C(CC(c3ccc(OC)cc3)CC1=O)N2. The standard InChI is InChI=1S/C28H30N4O4/c1-3-5-25-30-28-29-21-14-19(17-6-9-20(34-2)10-7-17)15-22(33)26(21)27(32(28)31-25)18-8-11-23-24(16-18)36-13-4-12-35-23/h6-11,16,19,27H,3-5,12-15H2,1-2H3,(H,29,30,31). The van der Waals surface area contributed by atoms with E-state index in [0.29, 0.717) is 31.3 Å². The Labute approximate surface area is 210 Å². The van der Waals surface area contributed by atoms with Crippen LogP contribution in [0.5, 0.6) is 17.2 Å². The highest BCUT2D eigenvalue weighted by Crippen LogP contribution is 2.45. The van der Waals surface area contributed by atoms with Gasteiger partial charge in [-0.05, 0) is 54.2 Å². The molecule has 0 amide bonds. The molecule has 3 aliphatic rings. The maximum absolute atomic E-state index is 13.8. The van der Waals surface area contributed by atoms with Crippen LogP contribution in [0.2, 0.25) is 0 Å². The molecule has 0 radical (unpaired) electrons. The summed E-state index contributed by atoms with van der Waals surface area (Å²) in [6, 6.07) is 13.6. The van der Waals surface area contributed by atoms with E-state index in [1.165, 1.54) is 0 Å². The Morgan fingerprint density at radius 2 is 1.83 bits per heavy atom. The monoisotopic (exact) mass is 486 g/mol. The maximum atomic E-state index is 13.8. The Kier molecular flexibility index (Phi) is 5.87. The van der Waals surface area contributed by atoms with Gasteiger partial charge in [-0.1, -0.05) is 25.1 Å². The molecule has 3 aromatic rings. The molecule has 1 aromatic heterocycles. The smallest absolute Gasteiger partial charge is 0.226 e. The number of allylic oxidation sites excluding steroid dienone is 2. The molecule has 1 N–H and O–H groups in total. The number of carbonyl (C=O) groups is 1. The van der Waals surface area contributed by atoms with Gasteiger partial charge in [-0.3, -0.25) is 4.79 Å². The number of methoxy groups -OCH3 is 1. The molecule has 2 aliphatic heterocycles. The molecular formula is C28H30N4O4. The number of Topliss-reactive ketones (excluding diaryl/α,β-unsaturated/α-hetero) is 1. The number of benzene rings is 2. The summed E-state index contributed by atoms with van der Waals surface area (Å²) in [5.74, 6) is 3.92. The highest BCUT2D eigenvalue weighted by Gasteiger charge is 2.40. The highest BCUT2D eigenvalue weighted by atomic mass is 16.5. The lowest BCUT2D eigenvalue weighted by Crippen LogP contribution is -2.33. The van der Waals surface area contributed by atoms with Gasteiger partial charge >= 0.3 is 0 Å². The molecule has 0 saturated heterocycles. The van der Waals surface area contributed by atoms with Crippen molar-refractivity contribution >= 4 is 11.7 Å². The third-order valence-corrected chi connectivity index (χ3v) is 7.11. The second-order valence-corrected chi connectivity index (χ2v) is 9.52. The minimum Gasteiger partial charge on any atom is -0.497 e. The molecule has 0 bridgehead atoms. The number of hydrogen-bond acceptors (Lipinski definition) is 7. The fourth-order valence-electron chi connectivity index (χ4n) is 5.36. The van der Waals surface area contributed by atoms with Gasteiger partial charge in [0, 0.05) is 30.5 Å². The first kappa shape index (κ1) is 22.6. The quantitative estimate of drug-likeness (QED) is 0.553. The largest absolute Gasteiger partial charge is 0.497 e. The summed E-state index contributed by atoms with van der Waals surface area (Å²) in [6.45, 7) is 3.35. The number of aryl methyl sites for hydroxylation is 1. The summed E-state index contributed by atoms with van der Waals surface area (Å²) >= 11 is 0. The van der Waals surface area contributed by atoms with E-state index in [-0.39, 0.29) is 17.7 Å². The predicted molar refractivity (Wildman–Crippen MR) is 135 cm³/mol. The van der Waals surface area contributed by atoms with Crippen LogP contribution in [-0.4, -0.2) is 40.9 Å². The molecule has 1 aliphatic carbocycles. The van der Waals surface area contributed by atoms with Crippen molar-refractivity contribution in [3.63, 3.8) is 0 Å². The Morgan fingerprint density at radius 3 is 2.61 bits per heavy atom. The van der Waals surface area contributed by atoms with Gasteiger partial charge < -0.3 is 19.5 Å². The van der Waals surface area contributed by atoms with E-state index in [4.69, 9.17) is 24.3 Å². The van der Waals surface area contributed by atoms with Crippen molar-refractivity contribution < 1.29 is 19.0 Å². The number of ether oxygens (including phenoxy) is 3. The molecule has 0 spiro atoms. The highest BCUT2D eigenvalue weighted by molar-refractivity contribution is 6.00. The Morgan fingerprint density at radius 1 is 1.06 bits per heavy atom. The summed E-state index contributed by atoms with van der Waals surface area (Å²) in [5.41, 5.74) is 3.75. The van der Waals surface area contributed by atoms with E-state index >= 15 is 0 Å². The van der Waals surface area contributed by atoms with Crippen LogP contribution in [0.1, 0.15) is 61.5 Å². The van der Waals surface area contributed by atoms with Crippen LogP contribution in [0.3, 0.4) is 0 Å². The Bertz CT molecular complexity index is 1330. The molecule has 6 rings (SSSR count). The number of hydrogen-bond donors (Lipinski definition) is 1. The summed E-state index contributed by atoms with van der Waals surface area (Å²) in [4.78, 5) is 18.5. The molecule has 0 saturated carbocycles. The summed E-state index contributed by atoms with van der Waals surface area (Å²) < 4.78 is 19.0.